The Kier molecular flexibility index (Phi) is 5.26. The predicted molar refractivity (Wildman–Crippen MR) is 111 cm³/mol. The highest BCUT2D eigenvalue weighted by molar-refractivity contribution is 6.35. The van der Waals surface area contributed by atoms with Crippen molar-refractivity contribution in [1.29, 1.82) is 0 Å². The Morgan fingerprint density at radius 2 is 1.56 bits per heavy atom. The summed E-state index contributed by atoms with van der Waals surface area (Å²) in [7, 11) is 3.34. The molecule has 0 saturated heterocycles. The molecule has 1 aliphatic heterocycles. The van der Waals surface area contributed by atoms with E-state index in [9.17, 15) is 4.79 Å². The summed E-state index contributed by atoms with van der Waals surface area (Å²) in [6.45, 7) is 8.62. The molecule has 4 heteroatoms. The minimum Gasteiger partial charge on any atom is -0.497 e. The van der Waals surface area contributed by atoms with Gasteiger partial charge in [-0.3, -0.25) is 4.79 Å². The average molecular weight is 365 g/mol. The number of carbonyl (C=O) groups excluding carboxylic acids is 1. The third-order valence-electron chi connectivity index (χ3n) is 4.94. The van der Waals surface area contributed by atoms with Crippen molar-refractivity contribution in [2.45, 2.75) is 39.5 Å². The number of anilines is 1. The summed E-state index contributed by atoms with van der Waals surface area (Å²) in [4.78, 5) is 12.6. The summed E-state index contributed by atoms with van der Waals surface area (Å²) in [6.07, 6.45) is 1.96. The van der Waals surface area contributed by atoms with Gasteiger partial charge in [0.2, 0.25) is 0 Å². The van der Waals surface area contributed by atoms with Gasteiger partial charge in [-0.15, -0.1) is 0 Å². The summed E-state index contributed by atoms with van der Waals surface area (Å²) >= 11 is 0. The van der Waals surface area contributed by atoms with E-state index in [1.54, 1.807) is 14.2 Å². The van der Waals surface area contributed by atoms with Crippen molar-refractivity contribution in [2.75, 3.05) is 19.5 Å². The Morgan fingerprint density at radius 3 is 2.07 bits per heavy atom. The van der Waals surface area contributed by atoms with Gasteiger partial charge in [0.25, 0.3) is 5.91 Å². The van der Waals surface area contributed by atoms with Crippen molar-refractivity contribution in [3.8, 4) is 11.5 Å². The number of rotatable bonds is 5. The summed E-state index contributed by atoms with van der Waals surface area (Å²) in [5.74, 6) is 2.23. The molecule has 4 nitrogen and oxygen atoms in total. The molecule has 3 rings (SSSR count). The van der Waals surface area contributed by atoms with Crippen LogP contribution in [0.25, 0.3) is 11.6 Å². The van der Waals surface area contributed by atoms with Gasteiger partial charge < -0.3 is 14.8 Å². The molecule has 0 aliphatic carbocycles. The van der Waals surface area contributed by atoms with Crippen LogP contribution in [0.4, 0.5) is 5.69 Å². The smallest absolute Gasteiger partial charge is 0.256 e. The third kappa shape index (κ3) is 3.57. The number of amides is 1. The van der Waals surface area contributed by atoms with Gasteiger partial charge in [-0.25, -0.2) is 0 Å². The van der Waals surface area contributed by atoms with Crippen LogP contribution in [0.1, 0.15) is 61.8 Å². The van der Waals surface area contributed by atoms with Crippen LogP contribution in [0, 0.1) is 0 Å². The molecule has 1 heterocycles. The zero-order chi connectivity index (χ0) is 19.7. The number of hydrogen-bond donors (Lipinski definition) is 1. The zero-order valence-corrected chi connectivity index (χ0v) is 16.8. The average Bonchev–Trinajstić information content (AvgIpc) is 2.95. The second-order valence-corrected chi connectivity index (χ2v) is 7.47. The van der Waals surface area contributed by atoms with E-state index in [1.165, 1.54) is 0 Å². The predicted octanol–water partition coefficient (Wildman–Crippen LogP) is 5.44. The molecule has 0 unspecified atom stereocenters. The molecule has 1 N–H and O–H groups in total. The highest BCUT2D eigenvalue weighted by Crippen LogP contribution is 2.39. The van der Waals surface area contributed by atoms with Gasteiger partial charge in [0.15, 0.2) is 0 Å². The number of methoxy groups -OCH3 is 2. The summed E-state index contributed by atoms with van der Waals surface area (Å²) in [5, 5.41) is 2.93. The fourth-order valence-electron chi connectivity index (χ4n) is 3.49. The van der Waals surface area contributed by atoms with E-state index in [4.69, 9.17) is 9.47 Å². The summed E-state index contributed by atoms with van der Waals surface area (Å²) in [5.41, 5.74) is 5.67. The standard InChI is InChI=1S/C23H27NO3/c1-13(2)18-9-15(10-19(14(3)4)22(18)27-6)11-20-17-8-7-16(26-5)12-21(17)24-23(20)25/h7-14H,1-6H3,(H,24,25)/b20-11-. The Bertz CT molecular complexity index is 881. The van der Waals surface area contributed by atoms with Gasteiger partial charge in [0.1, 0.15) is 11.5 Å². The second-order valence-electron chi connectivity index (χ2n) is 7.47. The van der Waals surface area contributed by atoms with Gasteiger partial charge in [0.05, 0.1) is 19.9 Å². The van der Waals surface area contributed by atoms with Crippen LogP contribution in [0.15, 0.2) is 30.3 Å². The van der Waals surface area contributed by atoms with Crippen LogP contribution in [0.5, 0.6) is 11.5 Å². The quantitative estimate of drug-likeness (QED) is 0.717. The van der Waals surface area contributed by atoms with Gasteiger partial charge in [-0.2, -0.15) is 0 Å². The molecule has 0 radical (unpaired) electrons. The highest BCUT2D eigenvalue weighted by Gasteiger charge is 2.25. The Morgan fingerprint density at radius 1 is 0.926 bits per heavy atom. The zero-order valence-electron chi connectivity index (χ0n) is 16.8. The molecule has 0 saturated carbocycles. The molecule has 1 amide bonds. The van der Waals surface area contributed by atoms with Gasteiger partial charge in [0, 0.05) is 17.2 Å². The van der Waals surface area contributed by atoms with Crippen LogP contribution in [-0.4, -0.2) is 20.1 Å². The van der Waals surface area contributed by atoms with Crippen molar-refractivity contribution in [3.05, 3.63) is 52.6 Å². The largest absolute Gasteiger partial charge is 0.497 e. The molecular formula is C23H27NO3. The van der Waals surface area contributed by atoms with Crippen LogP contribution < -0.4 is 14.8 Å². The number of carbonyl (C=O) groups is 1. The molecule has 0 aromatic heterocycles. The van der Waals surface area contributed by atoms with Crippen molar-refractivity contribution in [1.82, 2.24) is 0 Å². The van der Waals surface area contributed by atoms with E-state index in [0.717, 1.165) is 39.4 Å². The number of hydrogen-bond acceptors (Lipinski definition) is 3. The number of fused-ring (bicyclic) bond motifs is 1. The van der Waals surface area contributed by atoms with Crippen molar-refractivity contribution < 1.29 is 14.3 Å². The summed E-state index contributed by atoms with van der Waals surface area (Å²) < 4.78 is 11.0. The van der Waals surface area contributed by atoms with Gasteiger partial charge >= 0.3 is 0 Å². The van der Waals surface area contributed by atoms with Crippen LogP contribution in [0.2, 0.25) is 0 Å². The maximum atomic E-state index is 12.6. The van der Waals surface area contributed by atoms with Crippen LogP contribution in [0.3, 0.4) is 0 Å². The van der Waals surface area contributed by atoms with Crippen LogP contribution in [-0.2, 0) is 4.79 Å². The lowest BCUT2D eigenvalue weighted by Gasteiger charge is -2.19. The lowest BCUT2D eigenvalue weighted by atomic mass is 9.90. The van der Waals surface area contributed by atoms with E-state index in [0.29, 0.717) is 17.4 Å². The van der Waals surface area contributed by atoms with Crippen molar-refractivity contribution >= 4 is 23.2 Å². The van der Waals surface area contributed by atoms with Crippen LogP contribution >= 0.6 is 0 Å². The monoisotopic (exact) mass is 365 g/mol. The fraction of sp³-hybridized carbons (Fsp3) is 0.348. The van der Waals surface area contributed by atoms with Crippen molar-refractivity contribution in [2.24, 2.45) is 0 Å². The third-order valence-corrected chi connectivity index (χ3v) is 4.94. The van der Waals surface area contributed by atoms with Gasteiger partial charge in [-0.05, 0) is 58.9 Å². The molecular weight excluding hydrogens is 338 g/mol. The lowest BCUT2D eigenvalue weighted by Crippen LogP contribution is -2.04. The second kappa shape index (κ2) is 7.47. The first-order valence-corrected chi connectivity index (χ1v) is 9.29. The Balaban J connectivity index is 2.14. The maximum Gasteiger partial charge on any atom is 0.256 e. The first kappa shape index (κ1) is 19.0. The molecule has 142 valence electrons. The lowest BCUT2D eigenvalue weighted by molar-refractivity contribution is -0.110. The van der Waals surface area contributed by atoms with E-state index in [-0.39, 0.29) is 5.91 Å². The first-order chi connectivity index (χ1) is 12.8. The molecule has 1 aliphatic rings. The molecule has 0 spiro atoms. The minimum absolute atomic E-state index is 0.0914. The number of nitrogens with one attached hydrogen (secondary N) is 1. The topological polar surface area (TPSA) is 47.6 Å². The molecule has 27 heavy (non-hydrogen) atoms. The molecule has 0 atom stereocenters. The van der Waals surface area contributed by atoms with Crippen molar-refractivity contribution in [3.63, 3.8) is 0 Å². The van der Waals surface area contributed by atoms with E-state index in [1.807, 2.05) is 24.3 Å². The van der Waals surface area contributed by atoms with E-state index < -0.39 is 0 Å². The Labute approximate surface area is 161 Å². The molecule has 0 fully saturated rings. The molecule has 2 aromatic rings. The normalized spacial score (nSPS) is 14.7. The van der Waals surface area contributed by atoms with Gasteiger partial charge in [-0.1, -0.05) is 27.7 Å². The SMILES string of the molecule is COc1ccc2c(c1)NC(=O)/C2=C\c1cc(C(C)C)c(OC)c(C(C)C)c1. The molecule has 2 aromatic carbocycles. The maximum absolute atomic E-state index is 12.6. The highest BCUT2D eigenvalue weighted by atomic mass is 16.5. The fourth-order valence-corrected chi connectivity index (χ4v) is 3.49. The van der Waals surface area contributed by atoms with E-state index in [2.05, 4.69) is 45.1 Å². The Hall–Kier alpha value is -2.75. The summed E-state index contributed by atoms with van der Waals surface area (Å²) in [6, 6.07) is 9.89. The number of ether oxygens (including phenoxy) is 2. The first-order valence-electron chi connectivity index (χ1n) is 9.29. The molecule has 0 bridgehead atoms. The minimum atomic E-state index is -0.0914. The van der Waals surface area contributed by atoms with E-state index >= 15 is 0 Å². The number of benzene rings is 2.